The Balaban J connectivity index is 1.87. The number of carbonyl (C=O) groups excluding carboxylic acids is 3. The molecule has 24 heavy (non-hydrogen) atoms. The van der Waals surface area contributed by atoms with Gasteiger partial charge in [-0.1, -0.05) is 33.1 Å². The van der Waals surface area contributed by atoms with Crippen molar-refractivity contribution in [2.45, 2.75) is 52.0 Å². The van der Waals surface area contributed by atoms with E-state index in [0.717, 1.165) is 32.1 Å². The first-order valence-electron chi connectivity index (χ1n) is 8.43. The van der Waals surface area contributed by atoms with Gasteiger partial charge < -0.3 is 9.73 Å². The van der Waals surface area contributed by atoms with Gasteiger partial charge in [0, 0.05) is 5.92 Å². The number of nitrogens with one attached hydrogen (secondary N) is 3. The van der Waals surface area contributed by atoms with Gasteiger partial charge in [0.1, 0.15) is 6.04 Å². The number of rotatable bonds is 5. The molecule has 0 spiro atoms. The maximum absolute atomic E-state index is 12.3. The van der Waals surface area contributed by atoms with Crippen LogP contribution in [-0.2, 0) is 9.59 Å². The molecule has 3 amide bonds. The first kappa shape index (κ1) is 18.0. The van der Waals surface area contributed by atoms with Gasteiger partial charge in [-0.15, -0.1) is 0 Å². The second-order valence-corrected chi connectivity index (χ2v) is 6.49. The molecule has 1 saturated carbocycles. The van der Waals surface area contributed by atoms with Gasteiger partial charge in [-0.3, -0.25) is 25.2 Å². The van der Waals surface area contributed by atoms with Crippen LogP contribution < -0.4 is 16.2 Å². The molecule has 0 aliphatic heterocycles. The van der Waals surface area contributed by atoms with Crippen LogP contribution in [0.2, 0.25) is 0 Å². The number of hydrogen-bond donors (Lipinski definition) is 3. The molecule has 0 bridgehead atoms. The monoisotopic (exact) mass is 335 g/mol. The zero-order chi connectivity index (χ0) is 17.5. The quantitative estimate of drug-likeness (QED) is 0.714. The molecule has 0 unspecified atom stereocenters. The van der Waals surface area contributed by atoms with Gasteiger partial charge in [0.2, 0.25) is 5.91 Å². The average molecular weight is 335 g/mol. The summed E-state index contributed by atoms with van der Waals surface area (Å²) in [6.07, 6.45) is 6.38. The Kier molecular flexibility index (Phi) is 6.40. The van der Waals surface area contributed by atoms with Crippen molar-refractivity contribution < 1.29 is 18.8 Å². The summed E-state index contributed by atoms with van der Waals surface area (Å²) in [6.45, 7) is 3.69. The number of hydrogen-bond acceptors (Lipinski definition) is 4. The molecular formula is C17H25N3O4. The summed E-state index contributed by atoms with van der Waals surface area (Å²) in [4.78, 5) is 36.4. The highest BCUT2D eigenvalue weighted by Gasteiger charge is 2.28. The molecule has 1 atom stereocenters. The van der Waals surface area contributed by atoms with Crippen LogP contribution in [0.1, 0.15) is 56.5 Å². The highest BCUT2D eigenvalue weighted by atomic mass is 16.3. The summed E-state index contributed by atoms with van der Waals surface area (Å²) in [7, 11) is 0. The Labute approximate surface area is 141 Å². The number of amides is 3. The van der Waals surface area contributed by atoms with Crippen molar-refractivity contribution in [1.82, 2.24) is 16.2 Å². The molecule has 3 N–H and O–H groups in total. The van der Waals surface area contributed by atoms with Crippen LogP contribution in [0.25, 0.3) is 0 Å². The third-order valence-corrected chi connectivity index (χ3v) is 4.27. The Morgan fingerprint density at radius 3 is 2.42 bits per heavy atom. The van der Waals surface area contributed by atoms with Crippen molar-refractivity contribution in [3.63, 3.8) is 0 Å². The third kappa shape index (κ3) is 4.84. The van der Waals surface area contributed by atoms with E-state index in [9.17, 15) is 14.4 Å². The smallest absolute Gasteiger partial charge is 0.305 e. The average Bonchev–Trinajstić information content (AvgIpc) is 3.12. The van der Waals surface area contributed by atoms with Crippen LogP contribution in [0, 0.1) is 11.8 Å². The summed E-state index contributed by atoms with van der Waals surface area (Å²) < 4.78 is 4.95. The lowest BCUT2D eigenvalue weighted by Crippen LogP contribution is -2.55. The van der Waals surface area contributed by atoms with Gasteiger partial charge in [-0.05, 0) is 30.9 Å². The van der Waals surface area contributed by atoms with E-state index in [0.29, 0.717) is 0 Å². The fraction of sp³-hybridized carbons (Fsp3) is 0.588. The zero-order valence-corrected chi connectivity index (χ0v) is 14.1. The predicted octanol–water partition coefficient (Wildman–Crippen LogP) is 1.76. The van der Waals surface area contributed by atoms with Crippen LogP contribution in [0.4, 0.5) is 0 Å². The summed E-state index contributed by atoms with van der Waals surface area (Å²) in [6, 6.07) is 2.38. The third-order valence-electron chi connectivity index (χ3n) is 4.27. The Bertz CT molecular complexity index is 562. The summed E-state index contributed by atoms with van der Waals surface area (Å²) in [5, 5.41) is 2.82. The summed E-state index contributed by atoms with van der Waals surface area (Å²) in [5.74, 6) is -1.10. The lowest BCUT2D eigenvalue weighted by Gasteiger charge is -2.26. The lowest BCUT2D eigenvalue weighted by molar-refractivity contribution is -0.133. The van der Waals surface area contributed by atoms with Gasteiger partial charge >= 0.3 is 5.91 Å². The molecule has 0 saturated heterocycles. The molecule has 1 aromatic rings. The fourth-order valence-electron chi connectivity index (χ4n) is 2.84. The highest BCUT2D eigenvalue weighted by Crippen LogP contribution is 2.24. The zero-order valence-electron chi connectivity index (χ0n) is 14.1. The van der Waals surface area contributed by atoms with Crippen molar-refractivity contribution in [2.75, 3.05) is 0 Å². The normalized spacial score (nSPS) is 16.5. The minimum absolute atomic E-state index is 0.0227. The van der Waals surface area contributed by atoms with E-state index in [2.05, 4.69) is 16.2 Å². The van der Waals surface area contributed by atoms with Crippen LogP contribution in [0.3, 0.4) is 0 Å². The van der Waals surface area contributed by atoms with Crippen molar-refractivity contribution in [3.05, 3.63) is 24.2 Å². The topological polar surface area (TPSA) is 100 Å². The van der Waals surface area contributed by atoms with Crippen molar-refractivity contribution in [2.24, 2.45) is 11.8 Å². The van der Waals surface area contributed by atoms with Crippen molar-refractivity contribution in [1.29, 1.82) is 0 Å². The van der Waals surface area contributed by atoms with E-state index < -0.39 is 17.9 Å². The van der Waals surface area contributed by atoms with Gasteiger partial charge in [0.25, 0.3) is 5.91 Å². The predicted molar refractivity (Wildman–Crippen MR) is 87.7 cm³/mol. The molecule has 1 aliphatic carbocycles. The molecule has 132 valence electrons. The molecule has 1 fully saturated rings. The first-order chi connectivity index (χ1) is 11.5. The molecule has 1 aromatic heterocycles. The van der Waals surface area contributed by atoms with Gasteiger partial charge in [-0.2, -0.15) is 0 Å². The summed E-state index contributed by atoms with van der Waals surface area (Å²) >= 11 is 0. The molecule has 1 heterocycles. The maximum Gasteiger partial charge on any atom is 0.305 e. The molecule has 0 radical (unpaired) electrons. The molecule has 2 rings (SSSR count). The molecular weight excluding hydrogens is 310 g/mol. The van der Waals surface area contributed by atoms with E-state index >= 15 is 0 Å². The van der Waals surface area contributed by atoms with Gasteiger partial charge in [0.15, 0.2) is 5.76 Å². The second kappa shape index (κ2) is 8.52. The van der Waals surface area contributed by atoms with Gasteiger partial charge in [-0.25, -0.2) is 0 Å². The van der Waals surface area contributed by atoms with Crippen molar-refractivity contribution in [3.8, 4) is 0 Å². The van der Waals surface area contributed by atoms with Crippen LogP contribution in [0.15, 0.2) is 22.8 Å². The SMILES string of the molecule is CC(C)[C@H](NC(=O)C1CCCCC1)C(=O)NNC(=O)c1ccco1. The van der Waals surface area contributed by atoms with Gasteiger partial charge in [0.05, 0.1) is 6.26 Å². The highest BCUT2D eigenvalue weighted by molar-refractivity contribution is 5.94. The minimum atomic E-state index is -0.698. The van der Waals surface area contributed by atoms with Crippen LogP contribution >= 0.6 is 0 Å². The molecule has 0 aromatic carbocycles. The molecule has 1 aliphatic rings. The standard InChI is InChI=1S/C17H25N3O4/c1-11(2)14(18-15(21)12-7-4-3-5-8-12)17(23)20-19-16(22)13-9-6-10-24-13/h6,9-12,14H,3-5,7-8H2,1-2H3,(H,18,21)(H,19,22)(H,20,23)/t14-/m0/s1. The fourth-order valence-corrected chi connectivity index (χ4v) is 2.84. The van der Waals surface area contributed by atoms with E-state index in [1.165, 1.54) is 12.3 Å². The molecule has 7 nitrogen and oxygen atoms in total. The Morgan fingerprint density at radius 1 is 1.12 bits per heavy atom. The van der Waals surface area contributed by atoms with Crippen LogP contribution in [0.5, 0.6) is 0 Å². The maximum atomic E-state index is 12.3. The number of hydrazine groups is 1. The largest absolute Gasteiger partial charge is 0.459 e. The number of furan rings is 1. The van der Waals surface area contributed by atoms with Crippen LogP contribution in [-0.4, -0.2) is 23.8 Å². The Morgan fingerprint density at radius 2 is 1.83 bits per heavy atom. The van der Waals surface area contributed by atoms with E-state index in [1.54, 1.807) is 6.07 Å². The van der Waals surface area contributed by atoms with E-state index in [-0.39, 0.29) is 23.5 Å². The van der Waals surface area contributed by atoms with E-state index in [4.69, 9.17) is 4.42 Å². The first-order valence-corrected chi connectivity index (χ1v) is 8.43. The Hall–Kier alpha value is -2.31. The van der Waals surface area contributed by atoms with Crippen molar-refractivity contribution >= 4 is 17.7 Å². The van der Waals surface area contributed by atoms with E-state index in [1.807, 2.05) is 13.8 Å². The number of carbonyl (C=O) groups is 3. The minimum Gasteiger partial charge on any atom is -0.459 e. The summed E-state index contributed by atoms with van der Waals surface area (Å²) in [5.41, 5.74) is 4.64. The lowest BCUT2D eigenvalue weighted by atomic mass is 9.88. The second-order valence-electron chi connectivity index (χ2n) is 6.49. The molecule has 7 heteroatoms.